The second-order valence-electron chi connectivity index (χ2n) is 2.09. The number of hydrogen-bond donors (Lipinski definition) is 0. The first-order valence-corrected chi connectivity index (χ1v) is 4.02. The summed E-state index contributed by atoms with van der Waals surface area (Å²) in [6.45, 7) is 7.95. The van der Waals surface area contributed by atoms with Gasteiger partial charge in [-0.25, -0.2) is 0 Å². The van der Waals surface area contributed by atoms with Gasteiger partial charge in [-0.15, -0.1) is 0 Å². The quantitative estimate of drug-likeness (QED) is 0.443. The molecule has 66 valence electrons. The Bertz CT molecular complexity index is 124. The van der Waals surface area contributed by atoms with Crippen molar-refractivity contribution in [2.45, 2.75) is 27.7 Å². The summed E-state index contributed by atoms with van der Waals surface area (Å²) in [7, 11) is 3.82. The zero-order valence-corrected chi connectivity index (χ0v) is 8.55. The highest BCUT2D eigenvalue weighted by Crippen LogP contribution is 1.82. The van der Waals surface area contributed by atoms with Crippen molar-refractivity contribution >= 4 is 5.71 Å². The third-order valence-corrected chi connectivity index (χ3v) is 0.766. The van der Waals surface area contributed by atoms with Crippen LogP contribution in [0.1, 0.15) is 27.7 Å². The van der Waals surface area contributed by atoms with E-state index in [0.29, 0.717) is 0 Å². The van der Waals surface area contributed by atoms with E-state index in [1.807, 2.05) is 53.9 Å². The summed E-state index contributed by atoms with van der Waals surface area (Å²) in [5.74, 6) is 0. The molecule has 2 heteroatoms. The van der Waals surface area contributed by atoms with Gasteiger partial charge in [0.25, 0.3) is 0 Å². The summed E-state index contributed by atoms with van der Waals surface area (Å²) < 4.78 is 0. The summed E-state index contributed by atoms with van der Waals surface area (Å²) in [6.07, 6.45) is 3.95. The summed E-state index contributed by atoms with van der Waals surface area (Å²) in [6, 6.07) is 0. The topological polar surface area (TPSA) is 15.6 Å². The average Bonchev–Trinajstić information content (AvgIpc) is 1.91. The van der Waals surface area contributed by atoms with Crippen molar-refractivity contribution in [2.75, 3.05) is 14.1 Å². The minimum absolute atomic E-state index is 1.03. The van der Waals surface area contributed by atoms with E-state index in [2.05, 4.69) is 5.10 Å². The first-order valence-electron chi connectivity index (χ1n) is 4.02. The number of hydrazone groups is 1. The molecule has 0 amide bonds. The van der Waals surface area contributed by atoms with Gasteiger partial charge in [0.15, 0.2) is 0 Å². The number of allylic oxidation sites excluding steroid dienone is 2. The van der Waals surface area contributed by atoms with Crippen molar-refractivity contribution in [1.29, 1.82) is 0 Å². The SMILES string of the molecule is C/C=C\C(C)=N/N(C)C.CC. The van der Waals surface area contributed by atoms with Gasteiger partial charge in [-0.05, 0) is 19.9 Å². The average molecular weight is 156 g/mol. The molecule has 2 nitrogen and oxygen atoms in total. The van der Waals surface area contributed by atoms with Gasteiger partial charge in [0.1, 0.15) is 0 Å². The van der Waals surface area contributed by atoms with Gasteiger partial charge in [-0.1, -0.05) is 19.9 Å². The van der Waals surface area contributed by atoms with Crippen LogP contribution in [-0.4, -0.2) is 24.8 Å². The van der Waals surface area contributed by atoms with Gasteiger partial charge in [-0.2, -0.15) is 5.10 Å². The lowest BCUT2D eigenvalue weighted by molar-refractivity contribution is 0.438. The zero-order chi connectivity index (χ0) is 9.28. The summed E-state index contributed by atoms with van der Waals surface area (Å²) in [5, 5.41) is 5.92. The molecule has 0 aromatic carbocycles. The molecule has 0 bridgehead atoms. The molecule has 11 heavy (non-hydrogen) atoms. The maximum Gasteiger partial charge on any atom is 0.0571 e. The Balaban J connectivity index is 0. The van der Waals surface area contributed by atoms with Crippen molar-refractivity contribution in [3.05, 3.63) is 12.2 Å². The van der Waals surface area contributed by atoms with E-state index in [-0.39, 0.29) is 0 Å². The van der Waals surface area contributed by atoms with Crippen LogP contribution in [0.15, 0.2) is 17.3 Å². The van der Waals surface area contributed by atoms with E-state index in [0.717, 1.165) is 5.71 Å². The van der Waals surface area contributed by atoms with Crippen molar-refractivity contribution in [3.63, 3.8) is 0 Å². The highest BCUT2D eigenvalue weighted by molar-refractivity contribution is 5.92. The Labute approximate surface area is 70.6 Å². The van der Waals surface area contributed by atoms with Gasteiger partial charge in [0.2, 0.25) is 0 Å². The number of nitrogens with zero attached hydrogens (tertiary/aromatic N) is 2. The van der Waals surface area contributed by atoms with Gasteiger partial charge >= 0.3 is 0 Å². The predicted molar refractivity (Wildman–Crippen MR) is 53.0 cm³/mol. The fraction of sp³-hybridized carbons (Fsp3) is 0.667. The molecule has 0 radical (unpaired) electrons. The monoisotopic (exact) mass is 156 g/mol. The lowest BCUT2D eigenvalue weighted by Gasteiger charge is -2.03. The Morgan fingerprint density at radius 3 is 2.00 bits per heavy atom. The van der Waals surface area contributed by atoms with Crippen molar-refractivity contribution in [3.8, 4) is 0 Å². The van der Waals surface area contributed by atoms with E-state index in [1.54, 1.807) is 5.01 Å². The Morgan fingerprint density at radius 1 is 1.27 bits per heavy atom. The predicted octanol–water partition coefficient (Wildman–Crippen LogP) is 2.53. The normalized spacial score (nSPS) is 10.9. The molecule has 0 rings (SSSR count). The van der Waals surface area contributed by atoms with Gasteiger partial charge in [-0.3, -0.25) is 0 Å². The van der Waals surface area contributed by atoms with E-state index in [9.17, 15) is 0 Å². The zero-order valence-electron chi connectivity index (χ0n) is 8.55. The smallest absolute Gasteiger partial charge is 0.0571 e. The third-order valence-electron chi connectivity index (χ3n) is 0.766. The molecular weight excluding hydrogens is 136 g/mol. The highest BCUT2D eigenvalue weighted by atomic mass is 15.4. The van der Waals surface area contributed by atoms with E-state index in [4.69, 9.17) is 0 Å². The van der Waals surface area contributed by atoms with Crippen molar-refractivity contribution in [2.24, 2.45) is 5.10 Å². The van der Waals surface area contributed by atoms with Crippen molar-refractivity contribution in [1.82, 2.24) is 5.01 Å². The highest BCUT2D eigenvalue weighted by Gasteiger charge is 1.81. The van der Waals surface area contributed by atoms with Crippen LogP contribution in [0.3, 0.4) is 0 Å². The molecule has 0 spiro atoms. The molecule has 0 N–H and O–H groups in total. The Morgan fingerprint density at radius 2 is 1.73 bits per heavy atom. The fourth-order valence-corrected chi connectivity index (χ4v) is 0.590. The molecule has 0 heterocycles. The molecular formula is C9H20N2. The largest absolute Gasteiger partial charge is 0.303 e. The summed E-state index contributed by atoms with van der Waals surface area (Å²) >= 11 is 0. The van der Waals surface area contributed by atoms with Gasteiger partial charge in [0.05, 0.1) is 5.71 Å². The lowest BCUT2D eigenvalue weighted by atomic mass is 10.4. The van der Waals surface area contributed by atoms with E-state index >= 15 is 0 Å². The van der Waals surface area contributed by atoms with Crippen LogP contribution in [0, 0.1) is 0 Å². The molecule has 0 aliphatic heterocycles. The number of hydrogen-bond acceptors (Lipinski definition) is 2. The molecule has 0 fully saturated rings. The maximum atomic E-state index is 4.13. The second-order valence-corrected chi connectivity index (χ2v) is 2.09. The van der Waals surface area contributed by atoms with Gasteiger partial charge < -0.3 is 5.01 Å². The van der Waals surface area contributed by atoms with Crippen LogP contribution in [0.2, 0.25) is 0 Å². The minimum Gasteiger partial charge on any atom is -0.303 e. The van der Waals surface area contributed by atoms with Gasteiger partial charge in [0, 0.05) is 14.1 Å². The first-order chi connectivity index (χ1) is 5.16. The Kier molecular flexibility index (Phi) is 10.8. The second kappa shape index (κ2) is 9.21. The Hall–Kier alpha value is -0.790. The molecule has 0 aliphatic carbocycles. The standard InChI is InChI=1S/C7H14N2.C2H6/c1-5-6-7(2)8-9(3)4;1-2/h5-6H,1-4H3;1-2H3/b6-5-,8-7-;. The molecule has 0 unspecified atom stereocenters. The molecule has 0 aromatic rings. The lowest BCUT2D eigenvalue weighted by Crippen LogP contribution is -2.04. The molecule has 0 saturated carbocycles. The van der Waals surface area contributed by atoms with Crippen LogP contribution in [0.5, 0.6) is 0 Å². The van der Waals surface area contributed by atoms with Crippen LogP contribution >= 0.6 is 0 Å². The van der Waals surface area contributed by atoms with Crippen LogP contribution in [0.4, 0.5) is 0 Å². The van der Waals surface area contributed by atoms with Crippen LogP contribution in [0.25, 0.3) is 0 Å². The fourth-order valence-electron chi connectivity index (χ4n) is 0.590. The van der Waals surface area contributed by atoms with Crippen LogP contribution < -0.4 is 0 Å². The van der Waals surface area contributed by atoms with E-state index < -0.39 is 0 Å². The van der Waals surface area contributed by atoms with Crippen LogP contribution in [-0.2, 0) is 0 Å². The van der Waals surface area contributed by atoms with E-state index in [1.165, 1.54) is 0 Å². The molecule has 0 aliphatic rings. The third kappa shape index (κ3) is 12.4. The molecule has 0 saturated heterocycles. The first kappa shape index (κ1) is 12.8. The number of rotatable bonds is 2. The summed E-state index contributed by atoms with van der Waals surface area (Å²) in [5.41, 5.74) is 1.03. The minimum atomic E-state index is 1.03. The molecule has 0 atom stereocenters. The maximum absolute atomic E-state index is 4.13. The molecule has 0 aromatic heterocycles. The summed E-state index contributed by atoms with van der Waals surface area (Å²) in [4.78, 5) is 0. The van der Waals surface area contributed by atoms with Crippen molar-refractivity contribution < 1.29 is 0 Å².